The molecule has 0 aliphatic carbocycles. The van der Waals surface area contributed by atoms with Crippen LogP contribution in [0.4, 0.5) is 28.4 Å². The summed E-state index contributed by atoms with van der Waals surface area (Å²) in [6, 6.07) is 18.3. The summed E-state index contributed by atoms with van der Waals surface area (Å²) < 4.78 is 64.6. The lowest BCUT2D eigenvalue weighted by molar-refractivity contribution is 0.399. The van der Waals surface area contributed by atoms with Gasteiger partial charge in [0.15, 0.2) is 15.6 Å². The number of azo groups is 2. The third kappa shape index (κ3) is 6.00. The molecular weight excluding hydrogens is 622 g/mol. The van der Waals surface area contributed by atoms with E-state index in [1.807, 2.05) is 0 Å². The van der Waals surface area contributed by atoms with E-state index in [0.717, 1.165) is 6.07 Å². The number of aromatic hydroxyl groups is 2. The second-order valence-corrected chi connectivity index (χ2v) is 13.3. The Hall–Kier alpha value is -5.12. The first-order valence-electron chi connectivity index (χ1n) is 13.3. The highest BCUT2D eigenvalue weighted by atomic mass is 32.2. The average Bonchev–Trinajstić information content (AvgIpc) is 3.02. The number of methoxy groups -OCH3 is 1. The molecule has 15 heteroatoms. The van der Waals surface area contributed by atoms with E-state index in [1.165, 1.54) is 32.2 Å². The molecule has 0 unspecified atom stereocenters. The number of phenolic OH excluding ortho intramolecular Hbond substituents is 2. The Kier molecular flexibility index (Phi) is 8.42. The van der Waals surface area contributed by atoms with Crippen molar-refractivity contribution >= 4 is 69.9 Å². The first kappa shape index (κ1) is 31.3. The van der Waals surface area contributed by atoms with E-state index in [0.29, 0.717) is 21.8 Å². The molecule has 0 radical (unpaired) electrons. The molecule has 0 amide bonds. The highest BCUT2D eigenvalue weighted by molar-refractivity contribution is 7.91. The van der Waals surface area contributed by atoms with Crippen molar-refractivity contribution in [1.29, 1.82) is 0 Å². The maximum absolute atomic E-state index is 12.4. The summed E-state index contributed by atoms with van der Waals surface area (Å²) in [5.41, 5.74) is 0.616. The number of sulfone groups is 1. The fourth-order valence-electron chi connectivity index (χ4n) is 4.72. The van der Waals surface area contributed by atoms with Crippen LogP contribution in [0.1, 0.15) is 6.92 Å². The quantitative estimate of drug-likeness (QED) is 0.0932. The van der Waals surface area contributed by atoms with Gasteiger partial charge in [-0.05, 0) is 35.7 Å². The van der Waals surface area contributed by atoms with Crippen molar-refractivity contribution in [2.45, 2.75) is 16.7 Å². The van der Waals surface area contributed by atoms with E-state index in [9.17, 15) is 31.6 Å². The standard InChI is InChI=1S/C30H27N5O8S2/c1-4-44(38,39)27-16-25(36)24(15-26(27)43-3)34-32-22-14-10-19-20(29(22)37)11-13-21(31-2)28(19)35-33-23-12-9-17-7-5-6-8-18(17)30(23)45(40,41)42/h5-16,31,36-37H,4H2,1-3H3,(H,40,41,42)/b34-32+,35-33+. The molecular formula is C30H27N5O8S2. The van der Waals surface area contributed by atoms with Crippen molar-refractivity contribution in [3.63, 3.8) is 0 Å². The average molecular weight is 650 g/mol. The third-order valence-electron chi connectivity index (χ3n) is 7.01. The summed E-state index contributed by atoms with van der Waals surface area (Å²) in [7, 11) is -5.42. The minimum absolute atomic E-state index is 0.0226. The van der Waals surface area contributed by atoms with Gasteiger partial charge in [-0.2, -0.15) is 8.42 Å². The summed E-state index contributed by atoms with van der Waals surface area (Å²) in [4.78, 5) is -0.576. The molecule has 0 saturated heterocycles. The Bertz CT molecular complexity index is 2250. The van der Waals surface area contributed by atoms with Crippen molar-refractivity contribution in [1.82, 2.24) is 0 Å². The van der Waals surface area contributed by atoms with Crippen LogP contribution in [0.25, 0.3) is 21.5 Å². The maximum Gasteiger partial charge on any atom is 0.297 e. The van der Waals surface area contributed by atoms with E-state index >= 15 is 0 Å². The number of nitrogens with zero attached hydrogens (tertiary/aromatic N) is 4. The third-order valence-corrected chi connectivity index (χ3v) is 9.70. The molecule has 0 aliphatic rings. The zero-order valence-electron chi connectivity index (χ0n) is 24.1. The van der Waals surface area contributed by atoms with Gasteiger partial charge in [0.2, 0.25) is 0 Å². The minimum Gasteiger partial charge on any atom is -0.506 e. The van der Waals surface area contributed by atoms with Gasteiger partial charge in [-0.25, -0.2) is 8.42 Å². The number of hydrogen-bond donors (Lipinski definition) is 4. The summed E-state index contributed by atoms with van der Waals surface area (Å²) in [6.07, 6.45) is 0. The topological polar surface area (TPSA) is 200 Å². The van der Waals surface area contributed by atoms with Gasteiger partial charge in [0.05, 0.1) is 18.6 Å². The van der Waals surface area contributed by atoms with Gasteiger partial charge in [-0.3, -0.25) is 4.55 Å². The van der Waals surface area contributed by atoms with Crippen LogP contribution >= 0.6 is 0 Å². The molecule has 0 bridgehead atoms. The van der Waals surface area contributed by atoms with Crippen LogP contribution in [0.5, 0.6) is 17.2 Å². The molecule has 5 rings (SSSR count). The zero-order chi connectivity index (χ0) is 32.5. The Morgan fingerprint density at radius 1 is 0.778 bits per heavy atom. The van der Waals surface area contributed by atoms with Gasteiger partial charge in [0.25, 0.3) is 10.1 Å². The van der Waals surface area contributed by atoms with Gasteiger partial charge >= 0.3 is 0 Å². The number of fused-ring (bicyclic) bond motifs is 2. The van der Waals surface area contributed by atoms with Crippen molar-refractivity contribution in [2.75, 3.05) is 25.2 Å². The smallest absolute Gasteiger partial charge is 0.297 e. The monoisotopic (exact) mass is 649 g/mol. The highest BCUT2D eigenvalue weighted by Crippen LogP contribution is 2.44. The summed E-state index contributed by atoms with van der Waals surface area (Å²) in [5, 5.41) is 42.7. The predicted molar refractivity (Wildman–Crippen MR) is 170 cm³/mol. The first-order valence-corrected chi connectivity index (χ1v) is 16.4. The zero-order valence-corrected chi connectivity index (χ0v) is 25.8. The van der Waals surface area contributed by atoms with Crippen LogP contribution in [0.15, 0.2) is 103 Å². The molecule has 5 aromatic rings. The number of phenols is 2. The van der Waals surface area contributed by atoms with Crippen LogP contribution in [0.2, 0.25) is 0 Å². The molecule has 232 valence electrons. The van der Waals surface area contributed by atoms with E-state index in [-0.39, 0.29) is 55.2 Å². The number of ether oxygens (including phenoxy) is 1. The largest absolute Gasteiger partial charge is 0.506 e. The van der Waals surface area contributed by atoms with Crippen LogP contribution in [0, 0.1) is 0 Å². The summed E-state index contributed by atoms with van der Waals surface area (Å²) in [6.45, 7) is 1.47. The van der Waals surface area contributed by atoms with Crippen LogP contribution in [0.3, 0.4) is 0 Å². The Morgan fingerprint density at radius 3 is 2.13 bits per heavy atom. The SMILES string of the molecule is CCS(=O)(=O)c1cc(O)c(/N=N/c2ccc3c(/N=N/c4ccc5ccccc5c4S(=O)(=O)O)c(NC)ccc3c2O)cc1OC. The van der Waals surface area contributed by atoms with Gasteiger partial charge < -0.3 is 20.3 Å². The van der Waals surface area contributed by atoms with Crippen molar-refractivity contribution in [3.8, 4) is 17.2 Å². The van der Waals surface area contributed by atoms with E-state index in [4.69, 9.17) is 4.74 Å². The predicted octanol–water partition coefficient (Wildman–Crippen LogP) is 7.33. The molecule has 0 fully saturated rings. The Labute approximate surface area is 258 Å². The number of anilines is 1. The second-order valence-electron chi connectivity index (χ2n) is 9.65. The van der Waals surface area contributed by atoms with E-state index in [2.05, 4.69) is 25.8 Å². The van der Waals surface area contributed by atoms with E-state index in [1.54, 1.807) is 55.6 Å². The first-order chi connectivity index (χ1) is 21.4. The molecule has 0 atom stereocenters. The molecule has 0 heterocycles. The fraction of sp³-hybridized carbons (Fsp3) is 0.133. The molecule has 0 aliphatic heterocycles. The highest BCUT2D eigenvalue weighted by Gasteiger charge is 2.22. The van der Waals surface area contributed by atoms with Crippen LogP contribution in [-0.2, 0) is 20.0 Å². The molecule has 0 aromatic heterocycles. The van der Waals surface area contributed by atoms with Crippen molar-refractivity contribution in [3.05, 3.63) is 72.8 Å². The van der Waals surface area contributed by atoms with Gasteiger partial charge in [-0.1, -0.05) is 37.3 Å². The summed E-state index contributed by atoms with van der Waals surface area (Å²) in [5.74, 6) is -0.956. The van der Waals surface area contributed by atoms with Crippen molar-refractivity contribution < 1.29 is 36.3 Å². The molecule has 45 heavy (non-hydrogen) atoms. The molecule has 0 saturated carbocycles. The van der Waals surface area contributed by atoms with Gasteiger partial charge in [-0.15, -0.1) is 20.5 Å². The van der Waals surface area contributed by atoms with Gasteiger partial charge in [0, 0.05) is 35.3 Å². The lowest BCUT2D eigenvalue weighted by atomic mass is 10.1. The Morgan fingerprint density at radius 2 is 1.44 bits per heavy atom. The Balaban J connectivity index is 1.58. The lowest BCUT2D eigenvalue weighted by Gasteiger charge is -2.11. The number of rotatable bonds is 9. The molecule has 4 N–H and O–H groups in total. The molecule has 5 aromatic carbocycles. The summed E-state index contributed by atoms with van der Waals surface area (Å²) >= 11 is 0. The van der Waals surface area contributed by atoms with Gasteiger partial charge in [0.1, 0.15) is 44.0 Å². The second kappa shape index (κ2) is 12.1. The molecule has 13 nitrogen and oxygen atoms in total. The normalized spacial score (nSPS) is 12.4. The van der Waals surface area contributed by atoms with Crippen LogP contribution in [-0.4, -0.2) is 51.5 Å². The number of benzene rings is 5. The van der Waals surface area contributed by atoms with Crippen molar-refractivity contribution in [2.24, 2.45) is 20.5 Å². The molecule has 0 spiro atoms. The fourth-order valence-corrected chi connectivity index (χ4v) is 6.61. The number of nitrogens with one attached hydrogen (secondary N) is 1. The maximum atomic E-state index is 12.4. The van der Waals surface area contributed by atoms with Crippen LogP contribution < -0.4 is 10.1 Å². The van der Waals surface area contributed by atoms with E-state index < -0.39 is 25.7 Å². The minimum atomic E-state index is -4.67. The lowest BCUT2D eigenvalue weighted by Crippen LogP contribution is -2.05. The number of hydrogen-bond acceptors (Lipinski definition) is 12.